The summed E-state index contributed by atoms with van der Waals surface area (Å²) in [7, 11) is 4.15. The normalized spacial score (nSPS) is 11.8. The van der Waals surface area contributed by atoms with E-state index in [1.165, 1.54) is 0 Å². The van der Waals surface area contributed by atoms with Crippen molar-refractivity contribution in [1.82, 2.24) is 14.5 Å². The van der Waals surface area contributed by atoms with E-state index in [1.54, 1.807) is 0 Å². The van der Waals surface area contributed by atoms with Crippen LogP contribution in [0.2, 0.25) is 0 Å². The van der Waals surface area contributed by atoms with Crippen LogP contribution in [0, 0.1) is 0 Å². The molecule has 1 heterocycles. The molecule has 0 fully saturated rings. The number of imidazole rings is 1. The summed E-state index contributed by atoms with van der Waals surface area (Å²) in [5, 5.41) is 0. The standard InChI is InChI=1S/C16H24ClN3O/c1-12(2)21-14-7-5-6-13-16(14)18-15(8-9-17)20(13)11-10-19(3)4/h5-7,12H,8-11H2,1-4H3. The number of aromatic nitrogens is 2. The predicted octanol–water partition coefficient (Wildman–Crippen LogP) is 3.17. The van der Waals surface area contributed by atoms with Crippen LogP contribution in [0.3, 0.4) is 0 Å². The lowest BCUT2D eigenvalue weighted by molar-refractivity contribution is 0.245. The largest absolute Gasteiger partial charge is 0.489 e. The van der Waals surface area contributed by atoms with Gasteiger partial charge in [-0.2, -0.15) is 0 Å². The molecule has 0 N–H and O–H groups in total. The van der Waals surface area contributed by atoms with Gasteiger partial charge in [0.05, 0.1) is 11.6 Å². The number of halogens is 1. The van der Waals surface area contributed by atoms with Crippen molar-refractivity contribution in [2.45, 2.75) is 32.9 Å². The molecule has 21 heavy (non-hydrogen) atoms. The number of para-hydroxylation sites is 1. The molecule has 2 aromatic rings. The van der Waals surface area contributed by atoms with E-state index in [2.05, 4.69) is 29.6 Å². The van der Waals surface area contributed by atoms with Crippen molar-refractivity contribution in [3.63, 3.8) is 0 Å². The molecule has 2 rings (SSSR count). The lowest BCUT2D eigenvalue weighted by Crippen LogP contribution is -2.19. The first-order chi connectivity index (χ1) is 10.0. The van der Waals surface area contributed by atoms with Gasteiger partial charge < -0.3 is 14.2 Å². The molecule has 5 heteroatoms. The maximum Gasteiger partial charge on any atom is 0.147 e. The van der Waals surface area contributed by atoms with E-state index in [9.17, 15) is 0 Å². The molecule has 0 atom stereocenters. The number of hydrogen-bond acceptors (Lipinski definition) is 3. The Kier molecular flexibility index (Phi) is 5.48. The summed E-state index contributed by atoms with van der Waals surface area (Å²) < 4.78 is 8.14. The zero-order valence-electron chi connectivity index (χ0n) is 13.3. The van der Waals surface area contributed by atoms with E-state index in [1.807, 2.05) is 26.0 Å². The summed E-state index contributed by atoms with van der Waals surface area (Å²) in [6.07, 6.45) is 0.907. The first-order valence-electron chi connectivity index (χ1n) is 7.38. The fourth-order valence-electron chi connectivity index (χ4n) is 2.34. The molecule has 0 bridgehead atoms. The minimum Gasteiger partial charge on any atom is -0.489 e. The van der Waals surface area contributed by atoms with Crippen LogP contribution < -0.4 is 4.74 Å². The van der Waals surface area contributed by atoms with Gasteiger partial charge in [-0.05, 0) is 40.1 Å². The van der Waals surface area contributed by atoms with Gasteiger partial charge in [-0.15, -0.1) is 11.6 Å². The number of alkyl halides is 1. The summed E-state index contributed by atoms with van der Waals surface area (Å²) in [6.45, 7) is 5.93. The fraction of sp³-hybridized carbons (Fsp3) is 0.562. The van der Waals surface area contributed by atoms with Gasteiger partial charge in [0.25, 0.3) is 0 Å². The molecule has 0 radical (unpaired) electrons. The van der Waals surface area contributed by atoms with Gasteiger partial charge in [-0.3, -0.25) is 0 Å². The number of nitrogens with zero attached hydrogens (tertiary/aromatic N) is 3. The van der Waals surface area contributed by atoms with Crippen molar-refractivity contribution in [2.75, 3.05) is 26.5 Å². The van der Waals surface area contributed by atoms with Crippen molar-refractivity contribution >= 4 is 22.6 Å². The molecule has 1 aromatic heterocycles. The predicted molar refractivity (Wildman–Crippen MR) is 88.5 cm³/mol. The summed E-state index contributed by atoms with van der Waals surface area (Å²) >= 11 is 5.93. The second kappa shape index (κ2) is 7.14. The van der Waals surface area contributed by atoms with Gasteiger partial charge in [0.15, 0.2) is 0 Å². The van der Waals surface area contributed by atoms with Crippen molar-refractivity contribution in [3.05, 3.63) is 24.0 Å². The van der Waals surface area contributed by atoms with Crippen LogP contribution in [0.1, 0.15) is 19.7 Å². The van der Waals surface area contributed by atoms with E-state index in [-0.39, 0.29) is 6.10 Å². The fourth-order valence-corrected chi connectivity index (χ4v) is 2.51. The lowest BCUT2D eigenvalue weighted by Gasteiger charge is -2.13. The van der Waals surface area contributed by atoms with Crippen LogP contribution in [-0.4, -0.2) is 47.1 Å². The van der Waals surface area contributed by atoms with Gasteiger partial charge in [-0.1, -0.05) is 6.07 Å². The second-order valence-electron chi connectivity index (χ2n) is 5.71. The highest BCUT2D eigenvalue weighted by molar-refractivity contribution is 6.17. The molecular formula is C16H24ClN3O. The monoisotopic (exact) mass is 309 g/mol. The Labute approximate surface area is 131 Å². The van der Waals surface area contributed by atoms with Crippen molar-refractivity contribution in [2.24, 2.45) is 0 Å². The number of likely N-dealkylation sites (N-methyl/N-ethyl adjacent to an activating group) is 1. The molecular weight excluding hydrogens is 286 g/mol. The van der Waals surface area contributed by atoms with E-state index in [4.69, 9.17) is 21.3 Å². The van der Waals surface area contributed by atoms with Gasteiger partial charge in [0, 0.05) is 25.4 Å². The summed E-state index contributed by atoms with van der Waals surface area (Å²) in [5.74, 6) is 2.45. The summed E-state index contributed by atoms with van der Waals surface area (Å²) in [5.41, 5.74) is 2.06. The molecule has 0 aliphatic rings. The molecule has 1 aromatic carbocycles. The van der Waals surface area contributed by atoms with E-state index < -0.39 is 0 Å². The lowest BCUT2D eigenvalue weighted by atomic mass is 10.3. The molecule has 4 nitrogen and oxygen atoms in total. The van der Waals surface area contributed by atoms with Crippen LogP contribution >= 0.6 is 11.6 Å². The van der Waals surface area contributed by atoms with E-state index in [0.29, 0.717) is 5.88 Å². The highest BCUT2D eigenvalue weighted by atomic mass is 35.5. The molecule has 0 saturated carbocycles. The first kappa shape index (κ1) is 16.1. The van der Waals surface area contributed by atoms with Crippen LogP contribution in [0.25, 0.3) is 11.0 Å². The van der Waals surface area contributed by atoms with Crippen LogP contribution in [0.4, 0.5) is 0 Å². The van der Waals surface area contributed by atoms with E-state index in [0.717, 1.165) is 42.1 Å². The van der Waals surface area contributed by atoms with Gasteiger partial charge >= 0.3 is 0 Å². The quantitative estimate of drug-likeness (QED) is 0.736. The highest BCUT2D eigenvalue weighted by Crippen LogP contribution is 2.27. The number of aryl methyl sites for hydroxylation is 1. The zero-order valence-corrected chi connectivity index (χ0v) is 14.0. The minimum atomic E-state index is 0.138. The molecule has 0 unspecified atom stereocenters. The van der Waals surface area contributed by atoms with Crippen LogP contribution in [0.15, 0.2) is 18.2 Å². The molecule has 0 amide bonds. The average molecular weight is 310 g/mol. The van der Waals surface area contributed by atoms with Crippen LogP contribution in [-0.2, 0) is 13.0 Å². The Hall–Kier alpha value is -1.26. The Balaban J connectivity index is 2.45. The highest BCUT2D eigenvalue weighted by Gasteiger charge is 2.14. The summed E-state index contributed by atoms with van der Waals surface area (Å²) in [4.78, 5) is 6.94. The maximum absolute atomic E-state index is 5.93. The number of fused-ring (bicyclic) bond motifs is 1. The Morgan fingerprint density at radius 3 is 2.71 bits per heavy atom. The molecule has 0 aliphatic carbocycles. The summed E-state index contributed by atoms with van der Waals surface area (Å²) in [6, 6.07) is 6.11. The smallest absolute Gasteiger partial charge is 0.147 e. The van der Waals surface area contributed by atoms with Gasteiger partial charge in [0.1, 0.15) is 17.1 Å². The third-order valence-corrected chi connectivity index (χ3v) is 3.46. The van der Waals surface area contributed by atoms with Gasteiger partial charge in [-0.25, -0.2) is 4.98 Å². The zero-order chi connectivity index (χ0) is 15.4. The first-order valence-corrected chi connectivity index (χ1v) is 7.92. The molecule has 116 valence electrons. The number of ether oxygens (including phenoxy) is 1. The molecule has 0 aliphatic heterocycles. The van der Waals surface area contributed by atoms with Crippen molar-refractivity contribution in [1.29, 1.82) is 0 Å². The van der Waals surface area contributed by atoms with Gasteiger partial charge in [0.2, 0.25) is 0 Å². The third-order valence-electron chi connectivity index (χ3n) is 3.27. The Morgan fingerprint density at radius 2 is 2.10 bits per heavy atom. The molecule has 0 spiro atoms. The third kappa shape index (κ3) is 3.89. The second-order valence-corrected chi connectivity index (χ2v) is 6.09. The van der Waals surface area contributed by atoms with E-state index >= 15 is 0 Å². The Morgan fingerprint density at radius 1 is 1.33 bits per heavy atom. The minimum absolute atomic E-state index is 0.138. The number of hydrogen-bond donors (Lipinski definition) is 0. The van der Waals surface area contributed by atoms with Crippen molar-refractivity contribution in [3.8, 4) is 5.75 Å². The number of rotatable bonds is 7. The van der Waals surface area contributed by atoms with Crippen LogP contribution in [0.5, 0.6) is 5.75 Å². The number of benzene rings is 1. The van der Waals surface area contributed by atoms with Crippen molar-refractivity contribution < 1.29 is 4.74 Å². The maximum atomic E-state index is 5.93. The SMILES string of the molecule is CC(C)Oc1cccc2c1nc(CCCl)n2CCN(C)C. The average Bonchev–Trinajstić information content (AvgIpc) is 2.75. The Bertz CT molecular complexity index is 592. The molecule has 0 saturated heterocycles. The topological polar surface area (TPSA) is 30.3 Å².